The van der Waals surface area contributed by atoms with Crippen molar-refractivity contribution in [3.05, 3.63) is 23.9 Å². The Hall–Kier alpha value is -1.56. The summed E-state index contributed by atoms with van der Waals surface area (Å²) in [6.45, 7) is 3.13. The van der Waals surface area contributed by atoms with E-state index in [1.807, 2.05) is 0 Å². The topological polar surface area (TPSA) is 48.7 Å². The maximum Gasteiger partial charge on any atom is 0.127 e. The highest BCUT2D eigenvalue weighted by atomic mass is 15.0. The Kier molecular flexibility index (Phi) is 5.24. The Morgan fingerprint density at radius 1 is 1.40 bits per heavy atom. The van der Waals surface area contributed by atoms with Gasteiger partial charge in [0.1, 0.15) is 5.82 Å². The van der Waals surface area contributed by atoms with Crippen LogP contribution >= 0.6 is 0 Å². The van der Waals surface area contributed by atoms with E-state index in [2.05, 4.69) is 23.3 Å². The molecule has 1 aromatic rings. The molecule has 3 nitrogen and oxygen atoms in total. The Bertz CT molecular complexity index is 328. The van der Waals surface area contributed by atoms with Crippen LogP contribution in [0.4, 0.5) is 5.82 Å². The molecule has 0 saturated heterocycles. The first kappa shape index (κ1) is 11.5. The van der Waals surface area contributed by atoms with Gasteiger partial charge in [-0.1, -0.05) is 26.2 Å². The van der Waals surface area contributed by atoms with E-state index in [0.717, 1.165) is 18.8 Å². The van der Waals surface area contributed by atoms with Crippen molar-refractivity contribution in [2.45, 2.75) is 32.6 Å². The second-order valence-corrected chi connectivity index (χ2v) is 3.53. The molecule has 0 radical (unpaired) electrons. The fourth-order valence-electron chi connectivity index (χ4n) is 1.36. The lowest BCUT2D eigenvalue weighted by atomic mass is 10.2. The maximum atomic E-state index is 8.70. The highest BCUT2D eigenvalue weighted by Gasteiger charge is 1.95. The number of rotatable bonds is 6. The number of hydrogen-bond donors (Lipinski definition) is 1. The third kappa shape index (κ3) is 4.46. The zero-order valence-electron chi connectivity index (χ0n) is 9.16. The van der Waals surface area contributed by atoms with Crippen molar-refractivity contribution in [3.8, 4) is 6.07 Å². The maximum absolute atomic E-state index is 8.70. The van der Waals surface area contributed by atoms with Gasteiger partial charge < -0.3 is 5.32 Å². The minimum Gasteiger partial charge on any atom is -0.370 e. The average molecular weight is 203 g/mol. The SMILES string of the molecule is CCCCCCNc1cc(C#N)ccn1. The summed E-state index contributed by atoms with van der Waals surface area (Å²) in [5.41, 5.74) is 0.654. The zero-order valence-corrected chi connectivity index (χ0v) is 9.16. The molecule has 0 bridgehead atoms. The Labute approximate surface area is 91.1 Å². The number of nitrogens with one attached hydrogen (secondary N) is 1. The van der Waals surface area contributed by atoms with E-state index in [0.29, 0.717) is 5.56 Å². The molecule has 0 aliphatic carbocycles. The Balaban J connectivity index is 2.28. The number of nitrogens with zero attached hydrogens (tertiary/aromatic N) is 2. The lowest BCUT2D eigenvalue weighted by molar-refractivity contribution is 0.684. The molecule has 1 aromatic heterocycles. The van der Waals surface area contributed by atoms with Crippen molar-refractivity contribution >= 4 is 5.82 Å². The summed E-state index contributed by atoms with van der Waals surface area (Å²) in [6, 6.07) is 5.59. The first-order chi connectivity index (χ1) is 7.36. The van der Waals surface area contributed by atoms with Crippen LogP contribution in [0.1, 0.15) is 38.2 Å². The quantitative estimate of drug-likeness (QED) is 0.723. The molecular formula is C12H17N3. The zero-order chi connectivity index (χ0) is 10.9. The van der Waals surface area contributed by atoms with E-state index in [4.69, 9.17) is 5.26 Å². The standard InChI is InChI=1S/C12H17N3/c1-2-3-4-5-7-14-12-9-11(10-13)6-8-15-12/h6,8-9H,2-5,7H2,1H3,(H,14,15). The summed E-state index contributed by atoms with van der Waals surface area (Å²) >= 11 is 0. The minimum atomic E-state index is 0.654. The predicted molar refractivity (Wildman–Crippen MR) is 61.6 cm³/mol. The third-order valence-electron chi connectivity index (χ3n) is 2.23. The Morgan fingerprint density at radius 2 is 2.27 bits per heavy atom. The molecule has 0 saturated carbocycles. The van der Waals surface area contributed by atoms with E-state index in [1.54, 1.807) is 18.3 Å². The normalized spacial score (nSPS) is 9.60. The largest absolute Gasteiger partial charge is 0.370 e. The monoisotopic (exact) mass is 203 g/mol. The van der Waals surface area contributed by atoms with E-state index in [1.165, 1.54) is 19.3 Å². The number of pyridine rings is 1. The van der Waals surface area contributed by atoms with Crippen LogP contribution in [-0.2, 0) is 0 Å². The summed E-state index contributed by atoms with van der Waals surface area (Å²) in [4.78, 5) is 4.14. The van der Waals surface area contributed by atoms with Gasteiger partial charge in [0.2, 0.25) is 0 Å². The van der Waals surface area contributed by atoms with Gasteiger partial charge in [-0.2, -0.15) is 5.26 Å². The molecule has 0 spiro atoms. The first-order valence-corrected chi connectivity index (χ1v) is 5.47. The summed E-state index contributed by atoms with van der Waals surface area (Å²) in [5, 5.41) is 11.9. The first-order valence-electron chi connectivity index (χ1n) is 5.47. The molecular weight excluding hydrogens is 186 g/mol. The number of aromatic nitrogens is 1. The van der Waals surface area contributed by atoms with Gasteiger partial charge in [0.25, 0.3) is 0 Å². The van der Waals surface area contributed by atoms with Crippen LogP contribution < -0.4 is 5.32 Å². The van der Waals surface area contributed by atoms with Gasteiger partial charge in [-0.15, -0.1) is 0 Å². The number of unbranched alkanes of at least 4 members (excludes halogenated alkanes) is 3. The van der Waals surface area contributed by atoms with Crippen LogP contribution in [0, 0.1) is 11.3 Å². The number of nitriles is 1. The average Bonchev–Trinajstić information content (AvgIpc) is 2.29. The molecule has 15 heavy (non-hydrogen) atoms. The third-order valence-corrected chi connectivity index (χ3v) is 2.23. The molecule has 0 aliphatic heterocycles. The molecule has 1 N–H and O–H groups in total. The Morgan fingerprint density at radius 3 is 3.00 bits per heavy atom. The fourth-order valence-corrected chi connectivity index (χ4v) is 1.36. The van der Waals surface area contributed by atoms with Crippen LogP contribution in [0.5, 0.6) is 0 Å². The van der Waals surface area contributed by atoms with Crippen LogP contribution in [-0.4, -0.2) is 11.5 Å². The smallest absolute Gasteiger partial charge is 0.127 e. The summed E-state index contributed by atoms with van der Waals surface area (Å²) < 4.78 is 0. The van der Waals surface area contributed by atoms with Crippen LogP contribution in [0.3, 0.4) is 0 Å². The molecule has 0 fully saturated rings. The van der Waals surface area contributed by atoms with Crippen molar-refractivity contribution in [1.29, 1.82) is 5.26 Å². The molecule has 80 valence electrons. The van der Waals surface area contributed by atoms with Gasteiger partial charge in [0.15, 0.2) is 0 Å². The van der Waals surface area contributed by atoms with E-state index < -0.39 is 0 Å². The highest BCUT2D eigenvalue weighted by molar-refractivity contribution is 5.42. The van der Waals surface area contributed by atoms with Crippen molar-refractivity contribution in [2.75, 3.05) is 11.9 Å². The van der Waals surface area contributed by atoms with Gasteiger partial charge in [0.05, 0.1) is 11.6 Å². The van der Waals surface area contributed by atoms with Gasteiger partial charge in [-0.05, 0) is 18.6 Å². The van der Waals surface area contributed by atoms with Gasteiger partial charge in [-0.3, -0.25) is 0 Å². The van der Waals surface area contributed by atoms with E-state index >= 15 is 0 Å². The molecule has 0 amide bonds. The number of anilines is 1. The lowest BCUT2D eigenvalue weighted by Gasteiger charge is -2.04. The number of hydrogen-bond acceptors (Lipinski definition) is 3. The summed E-state index contributed by atoms with van der Waals surface area (Å²) in [5.74, 6) is 0.797. The second-order valence-electron chi connectivity index (χ2n) is 3.53. The van der Waals surface area contributed by atoms with Crippen molar-refractivity contribution in [1.82, 2.24) is 4.98 Å². The molecule has 3 heteroatoms. The second kappa shape index (κ2) is 6.83. The molecule has 0 aromatic carbocycles. The molecule has 0 unspecified atom stereocenters. The predicted octanol–water partition coefficient (Wildman–Crippen LogP) is 2.95. The molecule has 0 aliphatic rings. The van der Waals surface area contributed by atoms with Crippen LogP contribution in [0.2, 0.25) is 0 Å². The summed E-state index contributed by atoms with van der Waals surface area (Å²) in [7, 11) is 0. The van der Waals surface area contributed by atoms with Crippen LogP contribution in [0.25, 0.3) is 0 Å². The van der Waals surface area contributed by atoms with E-state index in [9.17, 15) is 0 Å². The minimum absolute atomic E-state index is 0.654. The van der Waals surface area contributed by atoms with Gasteiger partial charge in [0, 0.05) is 12.7 Å². The van der Waals surface area contributed by atoms with Gasteiger partial charge in [-0.25, -0.2) is 4.98 Å². The summed E-state index contributed by atoms with van der Waals surface area (Å²) in [6.07, 6.45) is 6.61. The lowest BCUT2D eigenvalue weighted by Crippen LogP contribution is -2.03. The van der Waals surface area contributed by atoms with Crippen molar-refractivity contribution < 1.29 is 0 Å². The van der Waals surface area contributed by atoms with Crippen molar-refractivity contribution in [3.63, 3.8) is 0 Å². The van der Waals surface area contributed by atoms with Crippen molar-refractivity contribution in [2.24, 2.45) is 0 Å². The highest BCUT2D eigenvalue weighted by Crippen LogP contribution is 2.06. The molecule has 1 heterocycles. The van der Waals surface area contributed by atoms with Gasteiger partial charge >= 0.3 is 0 Å². The molecule has 0 atom stereocenters. The fraction of sp³-hybridized carbons (Fsp3) is 0.500. The van der Waals surface area contributed by atoms with Crippen LogP contribution in [0.15, 0.2) is 18.3 Å². The molecule has 1 rings (SSSR count). The van der Waals surface area contributed by atoms with E-state index in [-0.39, 0.29) is 0 Å².